The van der Waals surface area contributed by atoms with E-state index in [-0.39, 0.29) is 67.0 Å². The van der Waals surface area contributed by atoms with Gasteiger partial charge in [0.15, 0.2) is 0 Å². The van der Waals surface area contributed by atoms with E-state index < -0.39 is 0 Å². The zero-order valence-electron chi connectivity index (χ0n) is 1.62. The van der Waals surface area contributed by atoms with Gasteiger partial charge < -0.3 is 0 Å². The van der Waals surface area contributed by atoms with Gasteiger partial charge in [-0.2, -0.15) is 0 Å². The maximum Gasteiger partial charge on any atom is 0 e. The third kappa shape index (κ3) is 9.05. The Labute approximate surface area is 66.5 Å². The predicted molar refractivity (Wildman–Crippen MR) is 5.75 cm³/mol. The van der Waals surface area contributed by atoms with Gasteiger partial charge in [0.1, 0.15) is 0 Å². The number of hydrogen-bond acceptors (Lipinski definition) is 0. The molecule has 0 fully saturated rings. The standard InChI is InChI=1S/B.Ni.Pt.W. The van der Waals surface area contributed by atoms with Crippen LogP contribution in [0.4, 0.5) is 0 Å². The maximum absolute atomic E-state index is 0. The summed E-state index contributed by atoms with van der Waals surface area (Å²) in [5.74, 6) is 0. The van der Waals surface area contributed by atoms with Crippen LogP contribution >= 0.6 is 0 Å². The predicted octanol–water partition coefficient (Wildman–Crippen LogP) is -0.388. The molecule has 0 rings (SSSR count). The maximum atomic E-state index is 0. The van der Waals surface area contributed by atoms with Crippen LogP contribution in [0.15, 0.2) is 0 Å². The molecule has 0 N–H and O–H groups in total. The van der Waals surface area contributed by atoms with Crippen LogP contribution in [0.2, 0.25) is 0 Å². The topological polar surface area (TPSA) is 0 Å². The quantitative estimate of drug-likeness (QED) is 0.443. The van der Waals surface area contributed by atoms with Crippen LogP contribution in [-0.2, 0) is 58.6 Å². The molecular formula is BNiPtW. The van der Waals surface area contributed by atoms with Gasteiger partial charge in [0.2, 0.25) is 0 Å². The van der Waals surface area contributed by atoms with E-state index in [9.17, 15) is 0 Å². The molecule has 4 heteroatoms. The molecule has 0 aromatic carbocycles. The summed E-state index contributed by atoms with van der Waals surface area (Å²) in [6.07, 6.45) is 0. The van der Waals surface area contributed by atoms with Crippen molar-refractivity contribution >= 4 is 8.41 Å². The Hall–Kier alpha value is 1.94. The first-order chi connectivity index (χ1) is 0. The average molecular weight is 448 g/mol. The van der Waals surface area contributed by atoms with Gasteiger partial charge >= 0.3 is 0 Å². The van der Waals surface area contributed by atoms with Gasteiger partial charge in [-0.3, -0.25) is 0 Å². The number of hydrogen-bond donors (Lipinski definition) is 0. The molecule has 0 aliphatic rings. The minimum Gasteiger partial charge on any atom is 0 e. The molecule has 0 unspecified atom stereocenters. The Kier molecular flexibility index (Phi) is 197. The van der Waals surface area contributed by atoms with E-state index in [4.69, 9.17) is 0 Å². The van der Waals surface area contributed by atoms with E-state index in [1.165, 1.54) is 0 Å². The third-order valence-corrected chi connectivity index (χ3v) is 0. The average Bonchev–Trinajstić information content (AvgIpc) is 0. The van der Waals surface area contributed by atoms with Gasteiger partial charge in [0.25, 0.3) is 0 Å². The van der Waals surface area contributed by atoms with Gasteiger partial charge in [0.05, 0.1) is 0 Å². The molecule has 0 heterocycles. The Morgan fingerprint density at radius 1 is 1.00 bits per heavy atom. The largest absolute Gasteiger partial charge is 0 e. The molecular weight excluding hydrogens is 448 g/mol. The van der Waals surface area contributed by atoms with Gasteiger partial charge in [-0.05, 0) is 0 Å². The van der Waals surface area contributed by atoms with Crippen LogP contribution < -0.4 is 0 Å². The van der Waals surface area contributed by atoms with Crippen LogP contribution in [0.3, 0.4) is 0 Å². The molecule has 0 nitrogen and oxygen atoms in total. The van der Waals surface area contributed by atoms with Gasteiger partial charge in [0, 0.05) is 67.0 Å². The van der Waals surface area contributed by atoms with Crippen LogP contribution in [0.5, 0.6) is 0 Å². The second kappa shape index (κ2) is 20.4. The van der Waals surface area contributed by atoms with E-state index in [2.05, 4.69) is 0 Å². The van der Waals surface area contributed by atoms with E-state index in [0.717, 1.165) is 0 Å². The van der Waals surface area contributed by atoms with Gasteiger partial charge in [-0.1, -0.05) is 0 Å². The molecule has 0 aliphatic heterocycles. The van der Waals surface area contributed by atoms with Crippen molar-refractivity contribution in [2.24, 2.45) is 0 Å². The van der Waals surface area contributed by atoms with Crippen LogP contribution in [-0.4, -0.2) is 8.41 Å². The second-order valence-electron chi connectivity index (χ2n) is 0. The molecule has 0 spiro atoms. The summed E-state index contributed by atoms with van der Waals surface area (Å²) in [6.45, 7) is 0. The molecule has 0 saturated carbocycles. The summed E-state index contributed by atoms with van der Waals surface area (Å²) < 4.78 is 0. The summed E-state index contributed by atoms with van der Waals surface area (Å²) in [5, 5.41) is 0. The van der Waals surface area contributed by atoms with Crippen molar-refractivity contribution in [3.05, 3.63) is 0 Å². The molecule has 0 amide bonds. The molecule has 0 saturated heterocycles. The number of rotatable bonds is 0. The molecule has 0 aromatic heterocycles. The molecule has 0 atom stereocenters. The molecule has 29 valence electrons. The van der Waals surface area contributed by atoms with Crippen molar-refractivity contribution in [2.75, 3.05) is 0 Å². The monoisotopic (exact) mass is 448 g/mol. The third-order valence-electron chi connectivity index (χ3n) is 0. The van der Waals surface area contributed by atoms with Gasteiger partial charge in [-0.15, -0.1) is 0 Å². The van der Waals surface area contributed by atoms with Crippen molar-refractivity contribution in [3.63, 3.8) is 0 Å². The van der Waals surface area contributed by atoms with E-state index in [0.29, 0.717) is 0 Å². The zero-order valence-corrected chi connectivity index (χ0v) is 7.81. The van der Waals surface area contributed by atoms with Crippen LogP contribution in [0.25, 0.3) is 0 Å². The Morgan fingerprint density at radius 2 is 1.00 bits per heavy atom. The Balaban J connectivity index is 0. The first kappa shape index (κ1) is 38.6. The first-order valence-electron chi connectivity index (χ1n) is 0. The second-order valence-corrected chi connectivity index (χ2v) is 0. The van der Waals surface area contributed by atoms with Crippen molar-refractivity contribution in [1.82, 2.24) is 0 Å². The summed E-state index contributed by atoms with van der Waals surface area (Å²) >= 11 is 0. The molecule has 0 aliphatic carbocycles. The minimum atomic E-state index is 0. The normalized spacial score (nSPS) is 0. The van der Waals surface area contributed by atoms with E-state index >= 15 is 0 Å². The SMILES string of the molecule is [B].[Ni].[Pt].[W]. The summed E-state index contributed by atoms with van der Waals surface area (Å²) in [4.78, 5) is 0. The van der Waals surface area contributed by atoms with Crippen molar-refractivity contribution in [1.29, 1.82) is 0 Å². The van der Waals surface area contributed by atoms with E-state index in [1.807, 2.05) is 0 Å². The van der Waals surface area contributed by atoms with Crippen LogP contribution in [0.1, 0.15) is 0 Å². The van der Waals surface area contributed by atoms with E-state index in [1.54, 1.807) is 0 Å². The van der Waals surface area contributed by atoms with Crippen molar-refractivity contribution in [3.8, 4) is 0 Å². The van der Waals surface area contributed by atoms with Crippen molar-refractivity contribution < 1.29 is 58.6 Å². The summed E-state index contributed by atoms with van der Waals surface area (Å²) in [6, 6.07) is 0. The summed E-state index contributed by atoms with van der Waals surface area (Å²) in [5.41, 5.74) is 0. The fourth-order valence-electron chi connectivity index (χ4n) is 0. The Morgan fingerprint density at radius 3 is 1.00 bits per heavy atom. The smallest absolute Gasteiger partial charge is 0 e. The molecule has 4 heavy (non-hydrogen) atoms. The van der Waals surface area contributed by atoms with Crippen molar-refractivity contribution in [2.45, 2.75) is 0 Å². The minimum absolute atomic E-state index is 0. The zero-order chi connectivity index (χ0) is 0. The fraction of sp³-hybridized carbons (Fsp3) is 0. The van der Waals surface area contributed by atoms with Gasteiger partial charge in [-0.25, -0.2) is 0 Å². The van der Waals surface area contributed by atoms with Crippen LogP contribution in [0, 0.1) is 0 Å². The first-order valence-corrected chi connectivity index (χ1v) is 0. The summed E-state index contributed by atoms with van der Waals surface area (Å²) in [7, 11) is 0. The molecule has 0 aromatic rings. The fourth-order valence-corrected chi connectivity index (χ4v) is 0. The Bertz CT molecular complexity index is 8.00. The molecule has 0 bridgehead atoms. The molecule has 3 radical (unpaired) electrons.